The summed E-state index contributed by atoms with van der Waals surface area (Å²) in [4.78, 5) is 18.8. The molecule has 6 heteroatoms. The summed E-state index contributed by atoms with van der Waals surface area (Å²) in [7, 11) is 3.44. The van der Waals surface area contributed by atoms with Crippen LogP contribution < -0.4 is 10.1 Å². The maximum atomic E-state index is 11.7. The number of amides is 1. The molecule has 0 aliphatic heterocycles. The molecule has 1 aromatic heterocycles. The second-order valence-electron chi connectivity index (χ2n) is 5.50. The summed E-state index contributed by atoms with van der Waals surface area (Å²) in [6, 6.07) is 5.94. The first-order valence-corrected chi connectivity index (χ1v) is 8.42. The van der Waals surface area contributed by atoms with Crippen molar-refractivity contribution >= 4 is 22.9 Å². The van der Waals surface area contributed by atoms with Crippen molar-refractivity contribution in [3.8, 4) is 5.75 Å². The fraction of sp³-hybridized carbons (Fsp3) is 0.412. The van der Waals surface area contributed by atoms with Crippen LogP contribution in [0, 0.1) is 6.92 Å². The summed E-state index contributed by atoms with van der Waals surface area (Å²) in [6.45, 7) is 4.83. The molecule has 1 heterocycles. The number of hydrogen-bond acceptors (Lipinski definition) is 5. The molecule has 2 aromatic rings. The number of nitrogens with one attached hydrogen (secondary N) is 1. The summed E-state index contributed by atoms with van der Waals surface area (Å²) in [5.74, 6) is 0.632. The van der Waals surface area contributed by atoms with Crippen molar-refractivity contribution in [3.05, 3.63) is 39.8 Å². The number of likely N-dealkylation sites (N-methyl/N-ethyl adjacent to an activating group) is 1. The number of aryl methyl sites for hydroxylation is 2. The molecular formula is C17H23N3O2S. The topological polar surface area (TPSA) is 54.5 Å². The minimum absolute atomic E-state index is 0.0334. The van der Waals surface area contributed by atoms with Gasteiger partial charge in [0.2, 0.25) is 0 Å². The van der Waals surface area contributed by atoms with Crippen LogP contribution in [0.25, 0.3) is 0 Å². The maximum Gasteiger partial charge on any atom is 0.259 e. The van der Waals surface area contributed by atoms with E-state index in [0.717, 1.165) is 22.7 Å². The Hall–Kier alpha value is -2.08. The van der Waals surface area contributed by atoms with E-state index >= 15 is 0 Å². The van der Waals surface area contributed by atoms with Crippen molar-refractivity contribution in [3.63, 3.8) is 0 Å². The van der Waals surface area contributed by atoms with Crippen LogP contribution in [0.1, 0.15) is 22.4 Å². The average molecular weight is 333 g/mol. The number of aromatic nitrogens is 1. The third-order valence-corrected chi connectivity index (χ3v) is 4.49. The van der Waals surface area contributed by atoms with Crippen molar-refractivity contribution in [1.29, 1.82) is 0 Å². The van der Waals surface area contributed by atoms with Gasteiger partial charge in [0.05, 0.1) is 17.2 Å². The number of carbonyl (C=O) groups is 1. The molecule has 0 saturated heterocycles. The van der Waals surface area contributed by atoms with E-state index in [1.165, 1.54) is 9.78 Å². The number of hydrogen-bond donors (Lipinski definition) is 1. The Balaban J connectivity index is 2.04. The van der Waals surface area contributed by atoms with Crippen LogP contribution >= 0.6 is 11.3 Å². The van der Waals surface area contributed by atoms with Gasteiger partial charge >= 0.3 is 0 Å². The molecule has 5 nitrogen and oxygen atoms in total. The fourth-order valence-electron chi connectivity index (χ4n) is 1.94. The third kappa shape index (κ3) is 4.96. The Labute approximate surface area is 141 Å². The highest BCUT2D eigenvalue weighted by atomic mass is 32.1. The molecule has 0 fully saturated rings. The second-order valence-corrected chi connectivity index (χ2v) is 6.70. The Bertz CT molecular complexity index is 668. The van der Waals surface area contributed by atoms with Gasteiger partial charge in [0.1, 0.15) is 5.75 Å². The van der Waals surface area contributed by atoms with Crippen LogP contribution in [0.15, 0.2) is 24.4 Å². The molecule has 0 aliphatic carbocycles. The SMILES string of the molecule is CCc1ncc(CNc2ccc(C)cc2OCC(=O)N(C)C)s1. The zero-order valence-corrected chi connectivity index (χ0v) is 14.9. The van der Waals surface area contributed by atoms with Gasteiger partial charge in [-0.25, -0.2) is 4.98 Å². The quantitative estimate of drug-likeness (QED) is 0.846. The van der Waals surface area contributed by atoms with E-state index in [4.69, 9.17) is 4.74 Å². The lowest BCUT2D eigenvalue weighted by Gasteiger charge is -2.15. The minimum Gasteiger partial charge on any atom is -0.482 e. The number of nitrogens with zero attached hydrogens (tertiary/aromatic N) is 2. The van der Waals surface area contributed by atoms with Crippen LogP contribution in [0.2, 0.25) is 0 Å². The van der Waals surface area contributed by atoms with Crippen molar-refractivity contribution in [2.75, 3.05) is 26.0 Å². The van der Waals surface area contributed by atoms with E-state index in [1.807, 2.05) is 31.3 Å². The Morgan fingerprint density at radius 1 is 1.39 bits per heavy atom. The molecular weight excluding hydrogens is 310 g/mol. The van der Waals surface area contributed by atoms with Gasteiger partial charge in [-0.2, -0.15) is 0 Å². The molecule has 1 N–H and O–H groups in total. The Morgan fingerprint density at radius 2 is 2.17 bits per heavy atom. The molecule has 0 aliphatic rings. The Morgan fingerprint density at radius 3 is 2.83 bits per heavy atom. The van der Waals surface area contributed by atoms with Crippen molar-refractivity contribution in [2.24, 2.45) is 0 Å². The zero-order valence-electron chi connectivity index (χ0n) is 14.0. The number of benzene rings is 1. The van der Waals surface area contributed by atoms with Crippen LogP contribution in [0.4, 0.5) is 5.69 Å². The molecule has 2 rings (SSSR count). The molecule has 0 radical (unpaired) electrons. The number of rotatable bonds is 7. The van der Waals surface area contributed by atoms with E-state index in [1.54, 1.807) is 25.4 Å². The fourth-order valence-corrected chi connectivity index (χ4v) is 2.74. The second kappa shape index (κ2) is 7.97. The van der Waals surface area contributed by atoms with Gasteiger partial charge < -0.3 is 15.0 Å². The largest absolute Gasteiger partial charge is 0.482 e. The number of ether oxygens (including phenoxy) is 1. The first-order valence-electron chi connectivity index (χ1n) is 7.60. The lowest BCUT2D eigenvalue weighted by atomic mass is 10.2. The van der Waals surface area contributed by atoms with Crippen molar-refractivity contribution in [2.45, 2.75) is 26.8 Å². The van der Waals surface area contributed by atoms with Crippen molar-refractivity contribution in [1.82, 2.24) is 9.88 Å². The molecule has 1 amide bonds. The van der Waals surface area contributed by atoms with Gasteiger partial charge in [0.15, 0.2) is 6.61 Å². The van der Waals surface area contributed by atoms with Gasteiger partial charge in [-0.05, 0) is 31.0 Å². The summed E-state index contributed by atoms with van der Waals surface area (Å²) in [5.41, 5.74) is 1.97. The predicted octanol–water partition coefficient (Wildman–Crippen LogP) is 3.09. The van der Waals surface area contributed by atoms with Gasteiger partial charge in [-0.15, -0.1) is 11.3 Å². The molecule has 23 heavy (non-hydrogen) atoms. The maximum absolute atomic E-state index is 11.7. The highest BCUT2D eigenvalue weighted by molar-refractivity contribution is 7.11. The van der Waals surface area contributed by atoms with Crippen LogP contribution in [0.5, 0.6) is 5.75 Å². The van der Waals surface area contributed by atoms with Crippen LogP contribution in [-0.4, -0.2) is 36.5 Å². The molecule has 0 bridgehead atoms. The summed E-state index contributed by atoms with van der Waals surface area (Å²) in [5, 5.41) is 4.51. The van der Waals surface area contributed by atoms with E-state index in [-0.39, 0.29) is 12.5 Å². The lowest BCUT2D eigenvalue weighted by Crippen LogP contribution is -2.27. The normalized spacial score (nSPS) is 10.4. The van der Waals surface area contributed by atoms with Gasteiger partial charge in [0, 0.05) is 25.2 Å². The molecule has 0 spiro atoms. The molecule has 0 saturated carbocycles. The van der Waals surface area contributed by atoms with E-state index in [2.05, 4.69) is 17.2 Å². The Kier molecular flexibility index (Phi) is 5.98. The molecule has 0 unspecified atom stereocenters. The van der Waals surface area contributed by atoms with Gasteiger partial charge in [-0.1, -0.05) is 13.0 Å². The minimum atomic E-state index is -0.0625. The number of anilines is 1. The number of carbonyl (C=O) groups excluding carboxylic acids is 1. The third-order valence-electron chi connectivity index (χ3n) is 3.34. The summed E-state index contributed by atoms with van der Waals surface area (Å²) >= 11 is 1.71. The predicted molar refractivity (Wildman–Crippen MR) is 94.2 cm³/mol. The number of thiazole rings is 1. The monoisotopic (exact) mass is 333 g/mol. The van der Waals surface area contributed by atoms with Crippen molar-refractivity contribution < 1.29 is 9.53 Å². The zero-order chi connectivity index (χ0) is 16.8. The average Bonchev–Trinajstić information content (AvgIpc) is 2.99. The summed E-state index contributed by atoms with van der Waals surface area (Å²) in [6.07, 6.45) is 2.86. The van der Waals surface area contributed by atoms with Crippen LogP contribution in [0.3, 0.4) is 0 Å². The van der Waals surface area contributed by atoms with Gasteiger partial charge in [0.25, 0.3) is 5.91 Å². The molecule has 0 atom stereocenters. The smallest absolute Gasteiger partial charge is 0.259 e. The van der Waals surface area contributed by atoms with Crippen LogP contribution in [-0.2, 0) is 17.8 Å². The highest BCUT2D eigenvalue weighted by Gasteiger charge is 2.09. The standard InChI is InChI=1S/C17H23N3O2S/c1-5-16-19-10-13(23-16)9-18-14-7-6-12(2)8-15(14)22-11-17(21)20(3)4/h6-8,10,18H,5,9,11H2,1-4H3. The van der Waals surface area contributed by atoms with Gasteiger partial charge in [-0.3, -0.25) is 4.79 Å². The van der Waals surface area contributed by atoms with E-state index in [0.29, 0.717) is 12.3 Å². The highest BCUT2D eigenvalue weighted by Crippen LogP contribution is 2.27. The summed E-state index contributed by atoms with van der Waals surface area (Å²) < 4.78 is 5.69. The first kappa shape index (κ1) is 17.3. The lowest BCUT2D eigenvalue weighted by molar-refractivity contribution is -0.130. The first-order chi connectivity index (χ1) is 11.0. The molecule has 124 valence electrons. The molecule has 1 aromatic carbocycles. The van der Waals surface area contributed by atoms with E-state index in [9.17, 15) is 4.79 Å². The van der Waals surface area contributed by atoms with E-state index < -0.39 is 0 Å².